The largest absolute Gasteiger partial charge is 0.573 e. The van der Waals surface area contributed by atoms with Gasteiger partial charge in [0.1, 0.15) is 11.6 Å². The van der Waals surface area contributed by atoms with Crippen LogP contribution >= 0.6 is 12.4 Å². The van der Waals surface area contributed by atoms with Crippen molar-refractivity contribution in [2.45, 2.75) is 26.3 Å². The smallest absolute Gasteiger partial charge is 0.481 e. The van der Waals surface area contributed by atoms with Crippen molar-refractivity contribution >= 4 is 30.1 Å². The second-order valence-electron chi connectivity index (χ2n) is 7.92. The van der Waals surface area contributed by atoms with Gasteiger partial charge in [-0.1, -0.05) is 48.5 Å². The molecular weight excluding hydrogens is 511 g/mol. The Balaban J connectivity index is 0.00000481. The average molecular weight is 536 g/mol. The highest BCUT2D eigenvalue weighted by molar-refractivity contribution is 6.11. The Labute approximate surface area is 217 Å². The van der Waals surface area contributed by atoms with Crippen LogP contribution in [0, 0.1) is 12.3 Å². The van der Waals surface area contributed by atoms with Gasteiger partial charge in [0.2, 0.25) is 0 Å². The number of nitrogens with one attached hydrogen (secondary N) is 3. The standard InChI is InChI=1S/C26H24F3N3O4.ClH/c1-16-14-19(10-11-20(16)21-4-2-3-5-22(21)36-26(27,28)29)25(35)32-24(30)18-8-6-17(7-9-18)15-31-13-12-23(33)34;/h2-11,14,31H,12-13,15H2,1H3,(H,33,34)(H2,30,32,35);1H. The number of aliphatic carboxylic acids is 1. The van der Waals surface area contributed by atoms with E-state index >= 15 is 0 Å². The topological polar surface area (TPSA) is 112 Å². The number of benzene rings is 3. The molecule has 0 spiro atoms. The molecule has 4 N–H and O–H groups in total. The number of carbonyl (C=O) groups is 2. The maximum Gasteiger partial charge on any atom is 0.573 e. The van der Waals surface area contributed by atoms with Gasteiger partial charge in [0.15, 0.2) is 0 Å². The fourth-order valence-corrected chi connectivity index (χ4v) is 3.49. The first-order valence-electron chi connectivity index (χ1n) is 10.9. The highest BCUT2D eigenvalue weighted by atomic mass is 35.5. The van der Waals surface area contributed by atoms with Crippen LogP contribution in [0.2, 0.25) is 0 Å². The Kier molecular flexibility index (Phi) is 10.2. The van der Waals surface area contributed by atoms with Crippen molar-refractivity contribution in [2.75, 3.05) is 6.54 Å². The van der Waals surface area contributed by atoms with Gasteiger partial charge in [0.05, 0.1) is 6.42 Å². The normalized spacial score (nSPS) is 10.8. The Morgan fingerprint density at radius 3 is 2.24 bits per heavy atom. The summed E-state index contributed by atoms with van der Waals surface area (Å²) in [5.74, 6) is -1.87. The van der Waals surface area contributed by atoms with Crippen LogP contribution in [0.5, 0.6) is 5.75 Å². The average Bonchev–Trinajstić information content (AvgIpc) is 2.81. The number of carboxylic acids is 1. The zero-order chi connectivity index (χ0) is 26.3. The molecule has 0 bridgehead atoms. The lowest BCUT2D eigenvalue weighted by atomic mass is 9.97. The number of halogens is 4. The van der Waals surface area contributed by atoms with Gasteiger partial charge in [-0.05, 0) is 41.8 Å². The van der Waals surface area contributed by atoms with Gasteiger partial charge in [-0.3, -0.25) is 15.0 Å². The molecule has 3 aromatic rings. The van der Waals surface area contributed by atoms with E-state index in [1.165, 1.54) is 30.3 Å². The monoisotopic (exact) mass is 535 g/mol. The second-order valence-corrected chi connectivity index (χ2v) is 7.92. The number of hydrogen-bond donors (Lipinski definition) is 4. The van der Waals surface area contributed by atoms with Crippen molar-refractivity contribution in [3.8, 4) is 16.9 Å². The molecule has 3 rings (SSSR count). The summed E-state index contributed by atoms with van der Waals surface area (Å²) in [6.07, 6.45) is -4.82. The van der Waals surface area contributed by atoms with Gasteiger partial charge in [0, 0.05) is 29.8 Å². The number of ether oxygens (including phenoxy) is 1. The molecule has 11 heteroatoms. The Morgan fingerprint density at radius 2 is 1.62 bits per heavy atom. The molecule has 0 fully saturated rings. The maximum absolute atomic E-state index is 12.8. The first-order chi connectivity index (χ1) is 17.0. The first-order valence-corrected chi connectivity index (χ1v) is 10.9. The summed E-state index contributed by atoms with van der Waals surface area (Å²) in [4.78, 5) is 23.2. The first kappa shape index (κ1) is 29.3. The highest BCUT2D eigenvalue weighted by Crippen LogP contribution is 2.35. The summed E-state index contributed by atoms with van der Waals surface area (Å²) >= 11 is 0. The van der Waals surface area contributed by atoms with Crippen LogP contribution in [0.1, 0.15) is 33.5 Å². The molecule has 0 unspecified atom stereocenters. The van der Waals surface area contributed by atoms with Crippen molar-refractivity contribution in [2.24, 2.45) is 0 Å². The predicted molar refractivity (Wildman–Crippen MR) is 135 cm³/mol. The van der Waals surface area contributed by atoms with Gasteiger partial charge in [0.25, 0.3) is 5.91 Å². The third kappa shape index (κ3) is 8.62. The van der Waals surface area contributed by atoms with Gasteiger partial charge < -0.3 is 20.5 Å². The molecule has 0 aromatic heterocycles. The van der Waals surface area contributed by atoms with E-state index in [-0.39, 0.29) is 41.5 Å². The molecule has 0 aliphatic carbocycles. The molecule has 0 aliphatic heterocycles. The molecule has 0 heterocycles. The number of rotatable bonds is 9. The minimum Gasteiger partial charge on any atom is -0.481 e. The van der Waals surface area contributed by atoms with Gasteiger partial charge in [-0.15, -0.1) is 25.6 Å². The minimum absolute atomic E-state index is 0. The van der Waals surface area contributed by atoms with E-state index < -0.39 is 18.2 Å². The van der Waals surface area contributed by atoms with Crippen molar-refractivity contribution < 1.29 is 32.6 Å². The third-order valence-electron chi connectivity index (χ3n) is 5.22. The van der Waals surface area contributed by atoms with Crippen LogP contribution < -0.4 is 15.4 Å². The Morgan fingerprint density at radius 1 is 0.973 bits per heavy atom. The molecule has 0 aliphatic rings. The van der Waals surface area contributed by atoms with Crippen LogP contribution in [0.3, 0.4) is 0 Å². The summed E-state index contributed by atoms with van der Waals surface area (Å²) in [5.41, 5.74) is 2.90. The van der Waals surface area contributed by atoms with Crippen molar-refractivity contribution in [3.63, 3.8) is 0 Å². The lowest BCUT2D eigenvalue weighted by molar-refractivity contribution is -0.274. The summed E-state index contributed by atoms with van der Waals surface area (Å²) < 4.78 is 42.4. The maximum atomic E-state index is 12.8. The van der Waals surface area contributed by atoms with Crippen LogP contribution in [0.25, 0.3) is 11.1 Å². The molecule has 0 radical (unpaired) electrons. The van der Waals surface area contributed by atoms with Crippen LogP contribution in [-0.4, -0.2) is 35.7 Å². The van der Waals surface area contributed by atoms with Gasteiger partial charge in [-0.25, -0.2) is 0 Å². The molecule has 196 valence electrons. The molecule has 7 nitrogen and oxygen atoms in total. The molecule has 0 saturated carbocycles. The number of carboxylic acid groups (broad SMARTS) is 1. The van der Waals surface area contributed by atoms with Crippen LogP contribution in [-0.2, 0) is 11.3 Å². The Hall–Kier alpha value is -3.89. The third-order valence-corrected chi connectivity index (χ3v) is 5.22. The van der Waals surface area contributed by atoms with E-state index in [9.17, 15) is 22.8 Å². The number of alkyl halides is 3. The molecule has 0 atom stereocenters. The number of amidine groups is 1. The highest BCUT2D eigenvalue weighted by Gasteiger charge is 2.32. The summed E-state index contributed by atoms with van der Waals surface area (Å²) in [6.45, 7) is 2.48. The zero-order valence-corrected chi connectivity index (χ0v) is 20.5. The van der Waals surface area contributed by atoms with E-state index in [2.05, 4.69) is 15.4 Å². The van der Waals surface area contributed by atoms with E-state index in [0.29, 0.717) is 29.8 Å². The fraction of sp³-hybridized carbons (Fsp3) is 0.192. The molecule has 0 saturated heterocycles. The van der Waals surface area contributed by atoms with Gasteiger partial charge >= 0.3 is 12.3 Å². The van der Waals surface area contributed by atoms with Gasteiger partial charge in [-0.2, -0.15) is 0 Å². The number of aryl methyl sites for hydroxylation is 1. The minimum atomic E-state index is -4.83. The summed E-state index contributed by atoms with van der Waals surface area (Å²) in [7, 11) is 0. The number of hydrogen-bond acceptors (Lipinski definition) is 5. The summed E-state index contributed by atoms with van der Waals surface area (Å²) in [6, 6.07) is 17.2. The number of amides is 1. The van der Waals surface area contributed by atoms with Crippen molar-refractivity contribution in [3.05, 3.63) is 89.0 Å². The molecular formula is C26H25ClF3N3O4. The van der Waals surface area contributed by atoms with Crippen molar-refractivity contribution in [1.82, 2.24) is 10.6 Å². The van der Waals surface area contributed by atoms with Crippen molar-refractivity contribution in [1.29, 1.82) is 5.41 Å². The molecule has 1 amide bonds. The molecule has 37 heavy (non-hydrogen) atoms. The lowest BCUT2D eigenvalue weighted by Crippen LogP contribution is -2.30. The van der Waals surface area contributed by atoms with Crippen LogP contribution in [0.4, 0.5) is 13.2 Å². The predicted octanol–water partition coefficient (Wildman–Crippen LogP) is 5.30. The van der Waals surface area contributed by atoms with E-state index in [1.807, 2.05) is 0 Å². The van der Waals surface area contributed by atoms with Crippen LogP contribution in [0.15, 0.2) is 66.7 Å². The zero-order valence-electron chi connectivity index (χ0n) is 19.7. The SMILES string of the molecule is Cc1cc(C(=O)NC(=N)c2ccc(CNCCC(=O)O)cc2)ccc1-c1ccccc1OC(F)(F)F.Cl. The van der Waals surface area contributed by atoms with E-state index in [1.54, 1.807) is 43.3 Å². The Bertz CT molecular complexity index is 1260. The summed E-state index contributed by atoms with van der Waals surface area (Å²) in [5, 5.41) is 22.4. The lowest BCUT2D eigenvalue weighted by Gasteiger charge is -2.15. The van der Waals surface area contributed by atoms with E-state index in [4.69, 9.17) is 10.5 Å². The number of para-hydroxylation sites is 1. The van der Waals surface area contributed by atoms with E-state index in [0.717, 1.165) is 5.56 Å². The second kappa shape index (κ2) is 12.9. The fourth-order valence-electron chi connectivity index (χ4n) is 3.49. The molecule has 3 aromatic carbocycles. The number of carbonyl (C=O) groups excluding carboxylic acids is 1. The quantitative estimate of drug-likeness (QED) is 0.169.